The number of aliphatic hydroxyl groups is 1. The quantitative estimate of drug-likeness (QED) is 0.769. The van der Waals surface area contributed by atoms with E-state index in [-0.39, 0.29) is 5.91 Å². The maximum atomic E-state index is 12.3. The van der Waals surface area contributed by atoms with Crippen LogP contribution in [-0.2, 0) is 18.4 Å². The number of nitrogens with zero attached hydrogens (tertiary/aromatic N) is 1. The SMILES string of the molecule is COP(=O)(OC)[C@](C)(O)[C@H]1CCCN(C)C1=O. The van der Waals surface area contributed by atoms with Crippen molar-refractivity contribution in [2.75, 3.05) is 27.8 Å². The van der Waals surface area contributed by atoms with Crippen LogP contribution in [0.5, 0.6) is 0 Å². The first-order valence-corrected chi connectivity index (χ1v) is 7.03. The Bertz CT molecular complexity index is 336. The van der Waals surface area contributed by atoms with E-state index in [0.717, 1.165) is 6.42 Å². The molecule has 1 N–H and O–H groups in total. The number of piperidine rings is 1. The molecule has 1 heterocycles. The molecule has 1 fully saturated rings. The highest BCUT2D eigenvalue weighted by molar-refractivity contribution is 7.55. The number of likely N-dealkylation sites (tertiary alicyclic amines) is 1. The molecule has 0 aromatic heterocycles. The summed E-state index contributed by atoms with van der Waals surface area (Å²) in [5, 5.41) is 8.58. The van der Waals surface area contributed by atoms with Crippen LogP contribution in [0.3, 0.4) is 0 Å². The van der Waals surface area contributed by atoms with Gasteiger partial charge in [-0.15, -0.1) is 0 Å². The predicted molar refractivity (Wildman–Crippen MR) is 62.6 cm³/mol. The monoisotopic (exact) mass is 265 g/mol. The predicted octanol–water partition coefficient (Wildman–Crippen LogP) is 1.05. The standard InChI is InChI=1S/C10H20NO5P/c1-10(13,17(14,15-3)16-4)8-6-5-7-11(2)9(8)12/h8,13H,5-7H2,1-4H3/t8-,10-/m0/s1. The summed E-state index contributed by atoms with van der Waals surface area (Å²) < 4.78 is 21.9. The zero-order valence-electron chi connectivity index (χ0n) is 10.7. The van der Waals surface area contributed by atoms with E-state index in [1.165, 1.54) is 26.0 Å². The van der Waals surface area contributed by atoms with E-state index in [1.54, 1.807) is 7.05 Å². The third-order valence-electron chi connectivity index (χ3n) is 3.36. The molecule has 0 unspecified atom stereocenters. The number of rotatable bonds is 4. The summed E-state index contributed by atoms with van der Waals surface area (Å²) in [6.07, 6.45) is 1.24. The molecule has 6 nitrogen and oxygen atoms in total. The van der Waals surface area contributed by atoms with Crippen molar-refractivity contribution in [3.05, 3.63) is 0 Å². The second-order valence-electron chi connectivity index (χ2n) is 4.41. The Hall–Kier alpha value is -0.420. The lowest BCUT2D eigenvalue weighted by Gasteiger charge is -2.40. The average molecular weight is 265 g/mol. The molecular weight excluding hydrogens is 245 g/mol. The molecule has 1 aliphatic heterocycles. The van der Waals surface area contributed by atoms with Gasteiger partial charge in [-0.05, 0) is 19.8 Å². The summed E-state index contributed by atoms with van der Waals surface area (Å²) in [6, 6.07) is 0. The summed E-state index contributed by atoms with van der Waals surface area (Å²) in [7, 11) is 0.362. The van der Waals surface area contributed by atoms with Crippen LogP contribution in [0.2, 0.25) is 0 Å². The molecule has 0 radical (unpaired) electrons. The van der Waals surface area contributed by atoms with Crippen molar-refractivity contribution in [3.63, 3.8) is 0 Å². The molecule has 0 saturated carbocycles. The van der Waals surface area contributed by atoms with Crippen LogP contribution in [0.1, 0.15) is 19.8 Å². The van der Waals surface area contributed by atoms with Crippen molar-refractivity contribution in [2.45, 2.75) is 25.1 Å². The molecule has 17 heavy (non-hydrogen) atoms. The minimum Gasteiger partial charge on any atom is -0.377 e. The fourth-order valence-electron chi connectivity index (χ4n) is 2.17. The van der Waals surface area contributed by atoms with E-state index in [0.29, 0.717) is 13.0 Å². The largest absolute Gasteiger partial charge is 0.377 e. The van der Waals surface area contributed by atoms with Gasteiger partial charge in [0.05, 0.1) is 5.92 Å². The smallest absolute Gasteiger partial charge is 0.361 e. The van der Waals surface area contributed by atoms with Crippen molar-refractivity contribution < 1.29 is 23.5 Å². The Labute approximate surface area is 101 Å². The number of carbonyl (C=O) groups is 1. The van der Waals surface area contributed by atoms with Gasteiger partial charge < -0.3 is 19.1 Å². The van der Waals surface area contributed by atoms with E-state index in [1.807, 2.05) is 0 Å². The lowest BCUT2D eigenvalue weighted by molar-refractivity contribution is -0.143. The third-order valence-corrected chi connectivity index (χ3v) is 5.74. The Morgan fingerprint density at radius 3 is 2.47 bits per heavy atom. The Morgan fingerprint density at radius 1 is 1.47 bits per heavy atom. The van der Waals surface area contributed by atoms with Gasteiger partial charge in [-0.2, -0.15) is 0 Å². The molecule has 0 spiro atoms. The molecule has 1 rings (SSSR count). The zero-order valence-corrected chi connectivity index (χ0v) is 11.6. The molecular formula is C10H20NO5P. The third kappa shape index (κ3) is 2.40. The van der Waals surface area contributed by atoms with Crippen molar-refractivity contribution in [3.8, 4) is 0 Å². The summed E-state index contributed by atoms with van der Waals surface area (Å²) in [5.41, 5.74) is 0. The molecule has 1 aliphatic rings. The van der Waals surface area contributed by atoms with Crippen LogP contribution >= 0.6 is 7.60 Å². The van der Waals surface area contributed by atoms with Gasteiger partial charge in [-0.3, -0.25) is 9.36 Å². The molecule has 1 amide bonds. The molecule has 0 aromatic carbocycles. The van der Waals surface area contributed by atoms with Crippen LogP contribution in [0.25, 0.3) is 0 Å². The first-order valence-electron chi connectivity index (χ1n) is 5.49. The Kier molecular flexibility index (Phi) is 4.36. The summed E-state index contributed by atoms with van der Waals surface area (Å²) >= 11 is 0. The fraction of sp³-hybridized carbons (Fsp3) is 0.900. The van der Waals surface area contributed by atoms with E-state index in [9.17, 15) is 14.5 Å². The highest BCUT2D eigenvalue weighted by Gasteiger charge is 2.54. The van der Waals surface area contributed by atoms with Crippen molar-refractivity contribution in [1.29, 1.82) is 0 Å². The second-order valence-corrected chi connectivity index (χ2v) is 7.04. The molecule has 7 heteroatoms. The van der Waals surface area contributed by atoms with Crippen molar-refractivity contribution >= 4 is 13.5 Å². The highest BCUT2D eigenvalue weighted by atomic mass is 31.2. The minimum absolute atomic E-state index is 0.226. The van der Waals surface area contributed by atoms with Gasteiger partial charge in [0.1, 0.15) is 0 Å². The lowest BCUT2D eigenvalue weighted by Crippen LogP contribution is -2.49. The maximum Gasteiger partial charge on any atom is 0.361 e. The molecule has 100 valence electrons. The van der Waals surface area contributed by atoms with E-state index in [2.05, 4.69) is 0 Å². The van der Waals surface area contributed by atoms with Crippen LogP contribution in [-0.4, -0.2) is 49.1 Å². The number of amides is 1. The Balaban J connectivity index is 3.04. The van der Waals surface area contributed by atoms with E-state index >= 15 is 0 Å². The normalized spacial score (nSPS) is 25.8. The second kappa shape index (κ2) is 5.06. The topological polar surface area (TPSA) is 76.1 Å². The van der Waals surface area contributed by atoms with Gasteiger partial charge in [0, 0.05) is 27.8 Å². The van der Waals surface area contributed by atoms with Crippen LogP contribution < -0.4 is 0 Å². The number of hydrogen-bond acceptors (Lipinski definition) is 5. The van der Waals surface area contributed by atoms with Gasteiger partial charge in [-0.25, -0.2) is 0 Å². The van der Waals surface area contributed by atoms with Gasteiger partial charge >= 0.3 is 7.60 Å². The van der Waals surface area contributed by atoms with Crippen LogP contribution in [0.4, 0.5) is 0 Å². The molecule has 0 aliphatic carbocycles. The molecule has 2 atom stereocenters. The molecule has 0 aromatic rings. The Morgan fingerprint density at radius 2 is 2.00 bits per heavy atom. The average Bonchev–Trinajstić information content (AvgIpc) is 2.31. The van der Waals surface area contributed by atoms with Crippen molar-refractivity contribution in [1.82, 2.24) is 4.90 Å². The maximum absolute atomic E-state index is 12.3. The molecule has 1 saturated heterocycles. The van der Waals surface area contributed by atoms with Gasteiger partial charge in [0.2, 0.25) is 5.91 Å². The summed E-state index contributed by atoms with van der Waals surface area (Å²) in [4.78, 5) is 13.5. The lowest BCUT2D eigenvalue weighted by atomic mass is 9.92. The zero-order chi connectivity index (χ0) is 13.3. The fourth-order valence-corrected chi connectivity index (χ4v) is 3.68. The highest BCUT2D eigenvalue weighted by Crippen LogP contribution is 2.61. The van der Waals surface area contributed by atoms with Crippen LogP contribution in [0.15, 0.2) is 0 Å². The first kappa shape index (κ1) is 14.6. The number of carbonyl (C=O) groups excluding carboxylic acids is 1. The van der Waals surface area contributed by atoms with Gasteiger partial charge in [0.25, 0.3) is 0 Å². The van der Waals surface area contributed by atoms with Gasteiger partial charge in [-0.1, -0.05) is 0 Å². The van der Waals surface area contributed by atoms with Gasteiger partial charge in [0.15, 0.2) is 5.34 Å². The number of hydrogen-bond donors (Lipinski definition) is 1. The van der Waals surface area contributed by atoms with E-state index in [4.69, 9.17) is 9.05 Å². The van der Waals surface area contributed by atoms with Crippen molar-refractivity contribution in [2.24, 2.45) is 5.92 Å². The summed E-state index contributed by atoms with van der Waals surface area (Å²) in [5.74, 6) is -0.984. The minimum atomic E-state index is -3.71. The molecule has 0 bridgehead atoms. The first-order chi connectivity index (χ1) is 7.80. The van der Waals surface area contributed by atoms with Crippen LogP contribution in [0, 0.1) is 5.92 Å². The van der Waals surface area contributed by atoms with E-state index < -0.39 is 18.9 Å². The summed E-state index contributed by atoms with van der Waals surface area (Å²) in [6.45, 7) is 1.98.